The van der Waals surface area contributed by atoms with Gasteiger partial charge in [0.15, 0.2) is 0 Å². The quantitative estimate of drug-likeness (QED) is 0.616. The molecule has 3 heteroatoms. The summed E-state index contributed by atoms with van der Waals surface area (Å²) >= 11 is 0. The van der Waals surface area contributed by atoms with E-state index < -0.39 is 0 Å². The van der Waals surface area contributed by atoms with Crippen LogP contribution in [0.4, 0.5) is 11.4 Å². The topological polar surface area (TPSA) is 50.7 Å². The summed E-state index contributed by atoms with van der Waals surface area (Å²) < 4.78 is 0. The lowest BCUT2D eigenvalue weighted by atomic mass is 10.3. The first-order valence-electron chi connectivity index (χ1n) is 3.81. The zero-order valence-corrected chi connectivity index (χ0v) is 6.57. The molecule has 1 aliphatic rings. The van der Waals surface area contributed by atoms with Crippen molar-refractivity contribution < 1.29 is 0 Å². The Hall–Kier alpha value is -1.64. The number of aliphatic imine (C=N–C) groups is 2. The summed E-state index contributed by atoms with van der Waals surface area (Å²) in [6, 6.07) is 7.70. The van der Waals surface area contributed by atoms with Gasteiger partial charge in [-0.15, -0.1) is 0 Å². The lowest BCUT2D eigenvalue weighted by Crippen LogP contribution is -2.10. The molecule has 0 amide bonds. The molecule has 1 aromatic carbocycles. The second-order valence-electron chi connectivity index (χ2n) is 2.61. The van der Waals surface area contributed by atoms with Crippen molar-refractivity contribution in [3.8, 4) is 0 Å². The minimum atomic E-state index is 0.615. The van der Waals surface area contributed by atoms with E-state index in [-0.39, 0.29) is 0 Å². The van der Waals surface area contributed by atoms with Crippen molar-refractivity contribution in [2.24, 2.45) is 15.7 Å². The minimum absolute atomic E-state index is 0.615. The van der Waals surface area contributed by atoms with Crippen LogP contribution in [0, 0.1) is 0 Å². The number of amidine groups is 1. The van der Waals surface area contributed by atoms with Crippen molar-refractivity contribution in [3.63, 3.8) is 0 Å². The van der Waals surface area contributed by atoms with Gasteiger partial charge in [0, 0.05) is 12.6 Å². The van der Waals surface area contributed by atoms with Gasteiger partial charge in [-0.1, -0.05) is 12.1 Å². The maximum atomic E-state index is 5.61. The van der Waals surface area contributed by atoms with E-state index >= 15 is 0 Å². The monoisotopic (exact) mass is 159 g/mol. The highest BCUT2D eigenvalue weighted by atomic mass is 14.9. The summed E-state index contributed by atoms with van der Waals surface area (Å²) in [6.45, 7) is 0. The average molecular weight is 159 g/mol. The Bertz CT molecular complexity index is 353. The Labute approximate surface area is 70.7 Å². The van der Waals surface area contributed by atoms with Crippen molar-refractivity contribution in [2.45, 2.75) is 6.42 Å². The molecule has 1 aromatic rings. The molecule has 1 aliphatic heterocycles. The average Bonchev–Trinajstić information content (AvgIpc) is 2.25. The van der Waals surface area contributed by atoms with Crippen LogP contribution < -0.4 is 5.73 Å². The Morgan fingerprint density at radius 1 is 1.17 bits per heavy atom. The molecule has 60 valence electrons. The maximum absolute atomic E-state index is 5.61. The van der Waals surface area contributed by atoms with E-state index in [4.69, 9.17) is 5.73 Å². The third-order valence-corrected chi connectivity index (χ3v) is 1.68. The fraction of sp³-hybridized carbons (Fsp3) is 0.111. The fourth-order valence-corrected chi connectivity index (χ4v) is 1.11. The Balaban J connectivity index is 2.58. The summed E-state index contributed by atoms with van der Waals surface area (Å²) in [5.41, 5.74) is 7.35. The molecule has 0 spiro atoms. The van der Waals surface area contributed by atoms with Crippen LogP contribution >= 0.6 is 0 Å². The Morgan fingerprint density at radius 3 is 2.75 bits per heavy atom. The number of para-hydroxylation sites is 2. The molecule has 0 fully saturated rings. The lowest BCUT2D eigenvalue weighted by molar-refractivity contribution is 1.43. The predicted octanol–water partition coefficient (Wildman–Crippen LogP) is 1.78. The van der Waals surface area contributed by atoms with Gasteiger partial charge in [-0.3, -0.25) is 4.99 Å². The van der Waals surface area contributed by atoms with Crippen molar-refractivity contribution in [1.29, 1.82) is 0 Å². The maximum Gasteiger partial charge on any atom is 0.105 e. The van der Waals surface area contributed by atoms with Crippen molar-refractivity contribution in [3.05, 3.63) is 24.3 Å². The van der Waals surface area contributed by atoms with Crippen LogP contribution in [0.2, 0.25) is 0 Å². The number of hydrogen-bond donors (Lipinski definition) is 1. The SMILES string of the molecule is NC1=Nc2ccccc2N=CC1. The molecule has 0 bridgehead atoms. The fourth-order valence-electron chi connectivity index (χ4n) is 1.11. The van der Waals surface area contributed by atoms with E-state index in [0.29, 0.717) is 12.3 Å². The summed E-state index contributed by atoms with van der Waals surface area (Å²) in [5.74, 6) is 0.615. The van der Waals surface area contributed by atoms with Gasteiger partial charge in [-0.2, -0.15) is 0 Å². The van der Waals surface area contributed by atoms with Crippen LogP contribution in [-0.2, 0) is 0 Å². The number of nitrogens with zero attached hydrogens (tertiary/aromatic N) is 2. The van der Waals surface area contributed by atoms with Crippen molar-refractivity contribution >= 4 is 23.4 Å². The van der Waals surface area contributed by atoms with Gasteiger partial charge in [0.05, 0.1) is 11.4 Å². The van der Waals surface area contributed by atoms with E-state index in [0.717, 1.165) is 11.4 Å². The van der Waals surface area contributed by atoms with Crippen LogP contribution in [0.5, 0.6) is 0 Å². The first-order valence-corrected chi connectivity index (χ1v) is 3.81. The third-order valence-electron chi connectivity index (χ3n) is 1.68. The van der Waals surface area contributed by atoms with Gasteiger partial charge in [-0.05, 0) is 12.1 Å². The lowest BCUT2D eigenvalue weighted by Gasteiger charge is -1.96. The van der Waals surface area contributed by atoms with Crippen LogP contribution in [-0.4, -0.2) is 12.1 Å². The third kappa shape index (κ3) is 1.21. The second-order valence-corrected chi connectivity index (χ2v) is 2.61. The van der Waals surface area contributed by atoms with Gasteiger partial charge in [-0.25, -0.2) is 4.99 Å². The molecule has 0 atom stereocenters. The number of rotatable bonds is 0. The first kappa shape index (κ1) is 7.03. The van der Waals surface area contributed by atoms with E-state index in [2.05, 4.69) is 9.98 Å². The second kappa shape index (κ2) is 2.77. The number of fused-ring (bicyclic) bond motifs is 1. The van der Waals surface area contributed by atoms with Gasteiger partial charge >= 0.3 is 0 Å². The molecule has 12 heavy (non-hydrogen) atoms. The van der Waals surface area contributed by atoms with Crippen LogP contribution in [0.1, 0.15) is 6.42 Å². The molecule has 0 aromatic heterocycles. The summed E-state index contributed by atoms with van der Waals surface area (Å²) in [5, 5.41) is 0. The summed E-state index contributed by atoms with van der Waals surface area (Å²) in [6.07, 6.45) is 2.42. The molecule has 3 nitrogen and oxygen atoms in total. The van der Waals surface area contributed by atoms with Gasteiger partial charge < -0.3 is 5.73 Å². The Morgan fingerprint density at radius 2 is 1.92 bits per heavy atom. The molecule has 2 N–H and O–H groups in total. The summed E-state index contributed by atoms with van der Waals surface area (Å²) in [4.78, 5) is 8.43. The number of nitrogens with two attached hydrogens (primary N) is 1. The molecule has 0 aliphatic carbocycles. The molecule has 2 rings (SSSR count). The molecular formula is C9H9N3. The molecular weight excluding hydrogens is 150 g/mol. The standard InChI is InChI=1S/C9H9N3/c10-9-5-6-11-7-3-1-2-4-8(7)12-9/h1-4,6H,5H2,(H2,10,12). The first-order chi connectivity index (χ1) is 5.86. The molecule has 0 unspecified atom stereocenters. The van der Waals surface area contributed by atoms with Crippen LogP contribution in [0.15, 0.2) is 34.3 Å². The van der Waals surface area contributed by atoms with Gasteiger partial charge in [0.2, 0.25) is 0 Å². The zero-order chi connectivity index (χ0) is 8.39. The van der Waals surface area contributed by atoms with Gasteiger partial charge in [0.1, 0.15) is 5.84 Å². The van der Waals surface area contributed by atoms with Gasteiger partial charge in [0.25, 0.3) is 0 Å². The minimum Gasteiger partial charge on any atom is -0.387 e. The molecule has 0 saturated heterocycles. The smallest absolute Gasteiger partial charge is 0.105 e. The number of benzene rings is 1. The summed E-state index contributed by atoms with van der Waals surface area (Å²) in [7, 11) is 0. The van der Waals surface area contributed by atoms with Crippen molar-refractivity contribution in [2.75, 3.05) is 0 Å². The van der Waals surface area contributed by atoms with E-state index in [9.17, 15) is 0 Å². The van der Waals surface area contributed by atoms with E-state index in [1.165, 1.54) is 0 Å². The molecule has 0 radical (unpaired) electrons. The number of hydrogen-bond acceptors (Lipinski definition) is 3. The Kier molecular flexibility index (Phi) is 1.63. The highest BCUT2D eigenvalue weighted by Gasteiger charge is 2.02. The van der Waals surface area contributed by atoms with E-state index in [1.807, 2.05) is 24.3 Å². The van der Waals surface area contributed by atoms with Crippen molar-refractivity contribution in [1.82, 2.24) is 0 Å². The molecule has 1 heterocycles. The van der Waals surface area contributed by atoms with Crippen LogP contribution in [0.3, 0.4) is 0 Å². The highest BCUT2D eigenvalue weighted by molar-refractivity contribution is 5.97. The predicted molar refractivity (Wildman–Crippen MR) is 50.5 cm³/mol. The normalized spacial score (nSPS) is 14.8. The van der Waals surface area contributed by atoms with E-state index in [1.54, 1.807) is 6.21 Å². The zero-order valence-electron chi connectivity index (χ0n) is 6.57. The van der Waals surface area contributed by atoms with Crippen LogP contribution in [0.25, 0.3) is 0 Å². The largest absolute Gasteiger partial charge is 0.387 e. The highest BCUT2D eigenvalue weighted by Crippen LogP contribution is 2.28. The molecule has 0 saturated carbocycles.